The van der Waals surface area contributed by atoms with Crippen molar-refractivity contribution < 1.29 is 14.0 Å². The number of thioether (sulfide) groups is 1. The van der Waals surface area contributed by atoms with Gasteiger partial charge in [0.15, 0.2) is 11.0 Å². The van der Waals surface area contributed by atoms with Crippen LogP contribution >= 0.6 is 11.8 Å². The molecule has 1 heterocycles. The summed E-state index contributed by atoms with van der Waals surface area (Å²) in [6.45, 7) is 1.66. The molecule has 0 spiro atoms. The molecule has 0 aliphatic heterocycles. The van der Waals surface area contributed by atoms with E-state index >= 15 is 0 Å². The molecule has 2 N–H and O–H groups in total. The first-order chi connectivity index (χ1) is 13.5. The minimum atomic E-state index is -0.607. The standard InChI is InChI=1S/C19H18FN5O2S/c1-12(17(26)22-18(27)21-2)28-19-24-23-16(13-6-4-3-5-7-13)25(19)15-10-8-14(20)9-11-15/h3-12H,1-2H3,(H2,21,22,26,27). The fourth-order valence-corrected chi connectivity index (χ4v) is 3.30. The summed E-state index contributed by atoms with van der Waals surface area (Å²) in [5.41, 5.74) is 1.49. The van der Waals surface area contributed by atoms with Crippen molar-refractivity contribution in [1.82, 2.24) is 25.4 Å². The molecule has 3 rings (SSSR count). The van der Waals surface area contributed by atoms with E-state index in [1.54, 1.807) is 23.6 Å². The Hall–Kier alpha value is -3.20. The number of hydrogen-bond acceptors (Lipinski definition) is 5. The Balaban J connectivity index is 1.97. The highest BCUT2D eigenvalue weighted by atomic mass is 32.2. The number of rotatable bonds is 5. The molecule has 2 aromatic carbocycles. The number of nitrogens with one attached hydrogen (secondary N) is 2. The minimum Gasteiger partial charge on any atom is -0.341 e. The molecule has 1 aromatic heterocycles. The highest BCUT2D eigenvalue weighted by molar-refractivity contribution is 8.00. The van der Waals surface area contributed by atoms with Crippen molar-refractivity contribution in [2.45, 2.75) is 17.3 Å². The summed E-state index contributed by atoms with van der Waals surface area (Å²) in [4.78, 5) is 23.6. The summed E-state index contributed by atoms with van der Waals surface area (Å²) in [5.74, 6) is -0.251. The molecular weight excluding hydrogens is 381 g/mol. The van der Waals surface area contributed by atoms with E-state index < -0.39 is 17.2 Å². The Bertz CT molecular complexity index is 976. The van der Waals surface area contributed by atoms with Gasteiger partial charge in [-0.1, -0.05) is 42.1 Å². The van der Waals surface area contributed by atoms with Crippen molar-refractivity contribution in [3.63, 3.8) is 0 Å². The number of nitrogens with zero attached hydrogens (tertiary/aromatic N) is 3. The Morgan fingerprint density at radius 2 is 1.75 bits per heavy atom. The number of carbonyl (C=O) groups excluding carboxylic acids is 2. The summed E-state index contributed by atoms with van der Waals surface area (Å²) in [7, 11) is 1.43. The largest absolute Gasteiger partial charge is 0.341 e. The average molecular weight is 399 g/mol. The molecule has 1 unspecified atom stereocenters. The third kappa shape index (κ3) is 4.37. The SMILES string of the molecule is CNC(=O)NC(=O)C(C)Sc1nnc(-c2ccccc2)n1-c1ccc(F)cc1. The minimum absolute atomic E-state index is 0.356. The smallest absolute Gasteiger partial charge is 0.321 e. The number of hydrogen-bond donors (Lipinski definition) is 2. The molecule has 0 aliphatic rings. The predicted octanol–water partition coefficient (Wildman–Crippen LogP) is 3.01. The van der Waals surface area contributed by atoms with E-state index in [1.807, 2.05) is 30.3 Å². The quantitative estimate of drug-likeness (QED) is 0.644. The number of amides is 3. The van der Waals surface area contributed by atoms with Crippen molar-refractivity contribution in [1.29, 1.82) is 0 Å². The lowest BCUT2D eigenvalue weighted by molar-refractivity contribution is -0.119. The van der Waals surface area contributed by atoms with Crippen LogP contribution in [-0.2, 0) is 4.79 Å². The third-order valence-corrected chi connectivity index (χ3v) is 4.91. The molecule has 3 amide bonds. The van der Waals surface area contributed by atoms with Gasteiger partial charge in [-0.05, 0) is 31.2 Å². The van der Waals surface area contributed by atoms with Crippen molar-refractivity contribution in [2.75, 3.05) is 7.05 Å². The van der Waals surface area contributed by atoms with Gasteiger partial charge in [-0.25, -0.2) is 9.18 Å². The van der Waals surface area contributed by atoms with Crippen LogP contribution in [0.3, 0.4) is 0 Å². The van der Waals surface area contributed by atoms with E-state index in [0.717, 1.165) is 17.3 Å². The zero-order valence-corrected chi connectivity index (χ0v) is 16.0. The summed E-state index contributed by atoms with van der Waals surface area (Å²) in [6, 6.07) is 14.8. The molecule has 0 radical (unpaired) electrons. The van der Waals surface area contributed by atoms with E-state index in [1.165, 1.54) is 19.2 Å². The van der Waals surface area contributed by atoms with Crippen LogP contribution in [0.4, 0.5) is 9.18 Å². The van der Waals surface area contributed by atoms with Crippen LogP contribution in [0.25, 0.3) is 17.1 Å². The second kappa shape index (κ2) is 8.66. The summed E-state index contributed by atoms with van der Waals surface area (Å²) < 4.78 is 15.1. The fourth-order valence-electron chi connectivity index (χ4n) is 2.43. The first-order valence-corrected chi connectivity index (χ1v) is 9.33. The predicted molar refractivity (Wildman–Crippen MR) is 105 cm³/mol. The summed E-state index contributed by atoms with van der Waals surface area (Å²) in [6.07, 6.45) is 0. The zero-order chi connectivity index (χ0) is 20.1. The van der Waals surface area contributed by atoms with Gasteiger partial charge in [-0.2, -0.15) is 0 Å². The number of benzene rings is 2. The van der Waals surface area contributed by atoms with Crippen LogP contribution in [0.2, 0.25) is 0 Å². The fraction of sp³-hybridized carbons (Fsp3) is 0.158. The second-order valence-electron chi connectivity index (χ2n) is 5.81. The highest BCUT2D eigenvalue weighted by Crippen LogP contribution is 2.30. The Labute approximate surface area is 165 Å². The number of halogens is 1. The molecule has 0 aliphatic carbocycles. The summed E-state index contributed by atoms with van der Waals surface area (Å²) in [5, 5.41) is 12.9. The highest BCUT2D eigenvalue weighted by Gasteiger charge is 2.22. The van der Waals surface area contributed by atoms with Gasteiger partial charge in [0.05, 0.1) is 5.25 Å². The van der Waals surface area contributed by atoms with Gasteiger partial charge in [-0.3, -0.25) is 14.7 Å². The van der Waals surface area contributed by atoms with Crippen LogP contribution in [0, 0.1) is 5.82 Å². The van der Waals surface area contributed by atoms with Crippen LogP contribution < -0.4 is 10.6 Å². The first kappa shape index (κ1) is 19.6. The third-order valence-electron chi connectivity index (χ3n) is 3.87. The number of urea groups is 1. The molecule has 144 valence electrons. The van der Waals surface area contributed by atoms with E-state index in [2.05, 4.69) is 20.8 Å². The van der Waals surface area contributed by atoms with Gasteiger partial charge >= 0.3 is 6.03 Å². The molecule has 1 atom stereocenters. The number of carbonyl (C=O) groups is 2. The first-order valence-electron chi connectivity index (χ1n) is 8.45. The molecule has 3 aromatic rings. The molecule has 28 heavy (non-hydrogen) atoms. The second-order valence-corrected chi connectivity index (χ2v) is 7.12. The van der Waals surface area contributed by atoms with E-state index in [4.69, 9.17) is 0 Å². The average Bonchev–Trinajstić information content (AvgIpc) is 3.12. The lowest BCUT2D eigenvalue weighted by Gasteiger charge is -2.13. The van der Waals surface area contributed by atoms with Gasteiger partial charge in [0.25, 0.3) is 0 Å². The Morgan fingerprint density at radius 3 is 2.39 bits per heavy atom. The van der Waals surface area contributed by atoms with Crippen LogP contribution in [0.1, 0.15) is 6.92 Å². The monoisotopic (exact) mass is 399 g/mol. The van der Waals surface area contributed by atoms with Gasteiger partial charge in [0.2, 0.25) is 5.91 Å². The van der Waals surface area contributed by atoms with Gasteiger partial charge in [-0.15, -0.1) is 10.2 Å². The zero-order valence-electron chi connectivity index (χ0n) is 15.2. The molecule has 9 heteroatoms. The van der Waals surface area contributed by atoms with Crippen LogP contribution in [0.15, 0.2) is 59.8 Å². The molecule has 7 nitrogen and oxygen atoms in total. The maximum absolute atomic E-state index is 13.4. The maximum atomic E-state index is 13.4. The lowest BCUT2D eigenvalue weighted by Crippen LogP contribution is -2.41. The van der Waals surface area contributed by atoms with Crippen molar-refractivity contribution >= 4 is 23.7 Å². The van der Waals surface area contributed by atoms with Crippen LogP contribution in [-0.4, -0.2) is 39.0 Å². The maximum Gasteiger partial charge on any atom is 0.321 e. The lowest BCUT2D eigenvalue weighted by atomic mass is 10.2. The molecule has 0 bridgehead atoms. The van der Waals surface area contributed by atoms with Crippen molar-refractivity contribution in [3.8, 4) is 17.1 Å². The molecule has 0 fully saturated rings. The molecular formula is C19H18FN5O2S. The van der Waals surface area contributed by atoms with Crippen molar-refractivity contribution in [2.24, 2.45) is 0 Å². The molecule has 0 saturated heterocycles. The van der Waals surface area contributed by atoms with E-state index in [9.17, 15) is 14.0 Å². The van der Waals surface area contributed by atoms with Gasteiger partial charge < -0.3 is 5.32 Å². The number of imide groups is 1. The van der Waals surface area contributed by atoms with Gasteiger partial charge in [0.1, 0.15) is 5.82 Å². The van der Waals surface area contributed by atoms with E-state index in [0.29, 0.717) is 16.7 Å². The molecule has 0 saturated carbocycles. The van der Waals surface area contributed by atoms with Gasteiger partial charge in [0, 0.05) is 18.3 Å². The van der Waals surface area contributed by atoms with Crippen LogP contribution in [0.5, 0.6) is 0 Å². The topological polar surface area (TPSA) is 88.9 Å². The summed E-state index contributed by atoms with van der Waals surface area (Å²) >= 11 is 1.15. The Kier molecular flexibility index (Phi) is 6.05. The van der Waals surface area contributed by atoms with Crippen molar-refractivity contribution in [3.05, 3.63) is 60.4 Å². The van der Waals surface area contributed by atoms with E-state index in [-0.39, 0.29) is 5.82 Å². The normalized spacial score (nSPS) is 11.7. The number of aromatic nitrogens is 3. The Morgan fingerprint density at radius 1 is 1.07 bits per heavy atom.